The Hall–Kier alpha value is 0.790. The maximum atomic E-state index is 5.72. The van der Waals surface area contributed by atoms with E-state index in [0.717, 1.165) is 13.0 Å². The summed E-state index contributed by atoms with van der Waals surface area (Å²) in [5.74, 6) is 0.130. The topological polar surface area (TPSA) is 3.24 Å². The third-order valence-electron chi connectivity index (χ3n) is 1.76. The van der Waals surface area contributed by atoms with Crippen molar-refractivity contribution in [1.29, 1.82) is 0 Å². The van der Waals surface area contributed by atoms with Crippen molar-refractivity contribution in [1.82, 2.24) is 4.81 Å². The standard InChI is InChI=1S/C5H9B2NS2/c6-3-1-5(10)8(7)2-4(3)9/h3-5,9-10H,1-2H2. The Morgan fingerprint density at radius 2 is 2.00 bits per heavy atom. The summed E-state index contributed by atoms with van der Waals surface area (Å²) in [5.41, 5.74) is 0. The van der Waals surface area contributed by atoms with Gasteiger partial charge < -0.3 is 4.81 Å². The molecule has 1 rings (SSSR count). The minimum Gasteiger partial charge on any atom is -0.342 e. The number of nitrogens with zero attached hydrogens (tertiary/aromatic N) is 1. The van der Waals surface area contributed by atoms with E-state index in [-0.39, 0.29) is 16.4 Å². The number of thiol groups is 2. The molecule has 0 aromatic carbocycles. The maximum Gasteiger partial charge on any atom is 0.183 e. The van der Waals surface area contributed by atoms with E-state index in [4.69, 9.17) is 15.8 Å². The van der Waals surface area contributed by atoms with E-state index in [0.29, 0.717) is 0 Å². The van der Waals surface area contributed by atoms with Crippen molar-refractivity contribution in [2.24, 2.45) is 0 Å². The number of piperidine rings is 1. The number of hydrogen-bond acceptors (Lipinski definition) is 3. The van der Waals surface area contributed by atoms with Gasteiger partial charge in [-0.3, -0.25) is 0 Å². The summed E-state index contributed by atoms with van der Waals surface area (Å²) in [6.07, 6.45) is 0.813. The molecule has 1 heterocycles. The Balaban J connectivity index is 2.46. The molecule has 0 bridgehead atoms. The molecule has 0 amide bonds. The Bertz CT molecular complexity index is 98.2. The van der Waals surface area contributed by atoms with Crippen LogP contribution in [0.25, 0.3) is 0 Å². The fourth-order valence-corrected chi connectivity index (χ4v) is 1.66. The van der Waals surface area contributed by atoms with Crippen LogP contribution in [-0.2, 0) is 0 Å². The van der Waals surface area contributed by atoms with Crippen LogP contribution in [0.15, 0.2) is 0 Å². The first-order valence-corrected chi connectivity index (χ1v) is 4.27. The SMILES string of the molecule is [B]C1CC(S)N([B])CC1S. The summed E-state index contributed by atoms with van der Waals surface area (Å²) in [7, 11) is 11.3. The highest BCUT2D eigenvalue weighted by atomic mass is 32.1. The van der Waals surface area contributed by atoms with Crippen molar-refractivity contribution in [2.75, 3.05) is 6.54 Å². The third-order valence-corrected chi connectivity index (χ3v) is 2.81. The molecule has 52 valence electrons. The molecule has 0 saturated carbocycles. The van der Waals surface area contributed by atoms with Crippen molar-refractivity contribution in [3.8, 4) is 0 Å². The van der Waals surface area contributed by atoms with E-state index in [1.165, 1.54) is 0 Å². The average Bonchev–Trinajstić information content (AvgIpc) is 1.84. The lowest BCUT2D eigenvalue weighted by Gasteiger charge is -2.37. The molecule has 0 N–H and O–H groups in total. The van der Waals surface area contributed by atoms with Gasteiger partial charge in [-0.1, -0.05) is 5.82 Å². The van der Waals surface area contributed by atoms with Crippen molar-refractivity contribution in [3.63, 3.8) is 0 Å². The Kier molecular flexibility index (Phi) is 3.07. The Morgan fingerprint density at radius 1 is 1.40 bits per heavy atom. The maximum absolute atomic E-state index is 5.72. The van der Waals surface area contributed by atoms with E-state index in [1.807, 2.05) is 0 Å². The minimum absolute atomic E-state index is 0.0957. The van der Waals surface area contributed by atoms with Gasteiger partial charge in [0.25, 0.3) is 0 Å². The first-order valence-electron chi connectivity index (χ1n) is 3.24. The van der Waals surface area contributed by atoms with Crippen LogP contribution in [0.3, 0.4) is 0 Å². The van der Waals surface area contributed by atoms with Gasteiger partial charge in [0.2, 0.25) is 0 Å². The van der Waals surface area contributed by atoms with Gasteiger partial charge in [0, 0.05) is 10.6 Å². The second-order valence-corrected chi connectivity index (χ2v) is 3.90. The van der Waals surface area contributed by atoms with E-state index in [1.54, 1.807) is 4.81 Å². The largest absolute Gasteiger partial charge is 0.342 e. The summed E-state index contributed by atoms with van der Waals surface area (Å²) >= 11 is 8.52. The summed E-state index contributed by atoms with van der Waals surface area (Å²) in [6.45, 7) is 0.721. The van der Waals surface area contributed by atoms with Crippen molar-refractivity contribution in [3.05, 3.63) is 0 Å². The molecule has 1 aliphatic rings. The second-order valence-electron chi connectivity index (χ2n) is 2.64. The zero-order valence-electron chi connectivity index (χ0n) is 5.64. The predicted octanol–water partition coefficient (Wildman–Crippen LogP) is 0.287. The molecule has 1 aliphatic heterocycles. The minimum atomic E-state index is 0.0957. The first kappa shape index (κ1) is 8.88. The lowest BCUT2D eigenvalue weighted by Crippen LogP contribution is -2.42. The van der Waals surface area contributed by atoms with Crippen LogP contribution in [0.5, 0.6) is 0 Å². The molecule has 0 aromatic heterocycles. The molecule has 1 saturated heterocycles. The van der Waals surface area contributed by atoms with Gasteiger partial charge in [-0.05, 0) is 13.0 Å². The predicted molar refractivity (Wildman–Crippen MR) is 52.1 cm³/mol. The van der Waals surface area contributed by atoms with Crippen molar-refractivity contribution in [2.45, 2.75) is 22.9 Å². The van der Waals surface area contributed by atoms with Crippen LogP contribution in [0, 0.1) is 0 Å². The quantitative estimate of drug-likeness (QED) is 0.389. The fourth-order valence-electron chi connectivity index (χ4n) is 1.01. The lowest BCUT2D eigenvalue weighted by atomic mass is 9.78. The molecule has 5 heteroatoms. The molecular formula is C5H9B2NS2. The highest BCUT2D eigenvalue weighted by Crippen LogP contribution is 2.28. The van der Waals surface area contributed by atoms with E-state index in [2.05, 4.69) is 25.3 Å². The summed E-state index contributed by atoms with van der Waals surface area (Å²) in [5, 5.41) is 0.284. The van der Waals surface area contributed by atoms with Crippen LogP contribution in [0.2, 0.25) is 5.82 Å². The second kappa shape index (κ2) is 3.46. The third kappa shape index (κ3) is 1.89. The summed E-state index contributed by atoms with van der Waals surface area (Å²) in [6, 6.07) is 0. The fraction of sp³-hybridized carbons (Fsp3) is 1.00. The summed E-state index contributed by atoms with van der Waals surface area (Å²) < 4.78 is 0. The van der Waals surface area contributed by atoms with E-state index in [9.17, 15) is 0 Å². The van der Waals surface area contributed by atoms with Gasteiger partial charge in [0.1, 0.15) is 0 Å². The van der Waals surface area contributed by atoms with Gasteiger partial charge in [-0.2, -0.15) is 25.3 Å². The van der Waals surface area contributed by atoms with Gasteiger partial charge in [0.05, 0.1) is 7.85 Å². The molecule has 0 spiro atoms. The number of rotatable bonds is 0. The van der Waals surface area contributed by atoms with Gasteiger partial charge in [0.15, 0.2) is 7.98 Å². The molecule has 3 unspecified atom stereocenters. The highest BCUT2D eigenvalue weighted by molar-refractivity contribution is 7.81. The van der Waals surface area contributed by atoms with Gasteiger partial charge in [-0.15, -0.1) is 0 Å². The molecule has 4 radical (unpaired) electrons. The highest BCUT2D eigenvalue weighted by Gasteiger charge is 2.25. The van der Waals surface area contributed by atoms with E-state index >= 15 is 0 Å². The molecule has 0 aliphatic carbocycles. The summed E-state index contributed by atoms with van der Waals surface area (Å²) in [4.78, 5) is 1.67. The van der Waals surface area contributed by atoms with Crippen molar-refractivity contribution >= 4 is 41.1 Å². The van der Waals surface area contributed by atoms with Crippen molar-refractivity contribution < 1.29 is 0 Å². The average molecular weight is 169 g/mol. The monoisotopic (exact) mass is 169 g/mol. The van der Waals surface area contributed by atoms with Gasteiger partial charge in [-0.25, -0.2) is 0 Å². The zero-order chi connectivity index (χ0) is 7.72. The zero-order valence-corrected chi connectivity index (χ0v) is 7.43. The van der Waals surface area contributed by atoms with Crippen LogP contribution >= 0.6 is 25.3 Å². The van der Waals surface area contributed by atoms with E-state index < -0.39 is 0 Å². The number of hydrogen-bond donors (Lipinski definition) is 2. The van der Waals surface area contributed by atoms with Crippen LogP contribution in [0.1, 0.15) is 6.42 Å². The Morgan fingerprint density at radius 3 is 2.50 bits per heavy atom. The smallest absolute Gasteiger partial charge is 0.183 e. The van der Waals surface area contributed by atoms with Crippen LogP contribution in [-0.4, -0.2) is 37.8 Å². The lowest BCUT2D eigenvalue weighted by molar-refractivity contribution is 0.350. The molecule has 3 atom stereocenters. The molecular weight excluding hydrogens is 160 g/mol. The molecule has 1 fully saturated rings. The Labute approximate surface area is 75.6 Å². The normalized spacial score (nSPS) is 43.6. The first-order chi connectivity index (χ1) is 4.61. The molecule has 0 aromatic rings. The van der Waals surface area contributed by atoms with Crippen LogP contribution in [0.4, 0.5) is 0 Å². The van der Waals surface area contributed by atoms with Gasteiger partial charge >= 0.3 is 0 Å². The van der Waals surface area contributed by atoms with Crippen LogP contribution < -0.4 is 0 Å². The molecule has 1 nitrogen and oxygen atoms in total. The molecule has 10 heavy (non-hydrogen) atoms.